The molecule has 1 aromatic rings. The molecule has 0 aromatic heterocycles. The summed E-state index contributed by atoms with van der Waals surface area (Å²) in [5, 5.41) is 8.51. The number of nitrogens with zero attached hydrogens (tertiary/aromatic N) is 1. The highest BCUT2D eigenvalue weighted by molar-refractivity contribution is 5.28. The number of nitrogens with two attached hydrogens (primary N) is 1. The maximum Gasteiger partial charge on any atom is 0.119 e. The van der Waals surface area contributed by atoms with Crippen LogP contribution >= 0.6 is 0 Å². The van der Waals surface area contributed by atoms with Crippen molar-refractivity contribution in [1.82, 2.24) is 0 Å². The molecule has 0 saturated heterocycles. The molecular weight excluding hydrogens is 188 g/mol. The van der Waals surface area contributed by atoms with Crippen molar-refractivity contribution in [2.75, 3.05) is 6.61 Å². The lowest BCUT2D eigenvalue weighted by Crippen LogP contribution is -2.29. The van der Waals surface area contributed by atoms with Crippen LogP contribution in [-0.2, 0) is 6.42 Å². The van der Waals surface area contributed by atoms with Gasteiger partial charge in [0.2, 0.25) is 0 Å². The highest BCUT2D eigenvalue weighted by Gasteiger charge is 2.39. The van der Waals surface area contributed by atoms with Gasteiger partial charge in [0.25, 0.3) is 0 Å². The van der Waals surface area contributed by atoms with Crippen molar-refractivity contribution in [3.8, 4) is 11.8 Å². The first kappa shape index (κ1) is 10.0. The summed E-state index contributed by atoms with van der Waals surface area (Å²) in [6.45, 7) is 0.588. The Morgan fingerprint density at radius 2 is 2.00 bits per heavy atom. The van der Waals surface area contributed by atoms with E-state index >= 15 is 0 Å². The Labute approximate surface area is 89.5 Å². The van der Waals surface area contributed by atoms with E-state index in [1.807, 2.05) is 24.3 Å². The first-order valence-corrected chi connectivity index (χ1v) is 5.09. The minimum atomic E-state index is -0.0781. The van der Waals surface area contributed by atoms with Gasteiger partial charge in [-0.1, -0.05) is 12.1 Å². The smallest absolute Gasteiger partial charge is 0.119 e. The Balaban J connectivity index is 1.89. The average Bonchev–Trinajstić information content (AvgIpc) is 2.97. The Morgan fingerprint density at radius 1 is 1.33 bits per heavy atom. The van der Waals surface area contributed by atoms with Gasteiger partial charge in [-0.3, -0.25) is 0 Å². The van der Waals surface area contributed by atoms with E-state index in [4.69, 9.17) is 15.7 Å². The highest BCUT2D eigenvalue weighted by Crippen LogP contribution is 2.32. The lowest BCUT2D eigenvalue weighted by molar-refractivity contribution is 0.279. The fourth-order valence-electron chi connectivity index (χ4n) is 1.33. The van der Waals surface area contributed by atoms with Gasteiger partial charge in [-0.05, 0) is 30.5 Å². The molecule has 0 heterocycles. The minimum Gasteiger partial charge on any atom is -0.492 e. The van der Waals surface area contributed by atoms with Crippen molar-refractivity contribution in [3.63, 3.8) is 0 Å². The summed E-state index contributed by atoms with van der Waals surface area (Å²) in [4.78, 5) is 0. The van der Waals surface area contributed by atoms with E-state index in [1.165, 1.54) is 0 Å². The lowest BCUT2D eigenvalue weighted by Gasteiger charge is -2.10. The summed E-state index contributed by atoms with van der Waals surface area (Å²) in [6.07, 6.45) is 2.56. The van der Waals surface area contributed by atoms with Crippen LogP contribution in [0.3, 0.4) is 0 Å². The molecule has 0 bridgehead atoms. The Bertz CT molecular complexity index is 374. The van der Waals surface area contributed by atoms with Crippen LogP contribution in [-0.4, -0.2) is 12.1 Å². The summed E-state index contributed by atoms with van der Waals surface area (Å²) in [6, 6.07) is 9.71. The number of benzene rings is 1. The van der Waals surface area contributed by atoms with Crippen molar-refractivity contribution in [3.05, 3.63) is 29.8 Å². The third-order valence-electron chi connectivity index (χ3n) is 2.63. The second-order valence-corrected chi connectivity index (χ2v) is 4.13. The van der Waals surface area contributed by atoms with E-state index in [-0.39, 0.29) is 5.54 Å². The molecule has 1 aliphatic carbocycles. The zero-order valence-corrected chi connectivity index (χ0v) is 8.57. The number of rotatable bonds is 4. The molecular formula is C12H14N2O. The van der Waals surface area contributed by atoms with E-state index in [9.17, 15) is 0 Å². The molecule has 78 valence electrons. The summed E-state index contributed by atoms with van der Waals surface area (Å²) < 4.78 is 5.56. The van der Waals surface area contributed by atoms with Crippen LogP contribution < -0.4 is 10.5 Å². The zero-order valence-electron chi connectivity index (χ0n) is 8.57. The van der Waals surface area contributed by atoms with Gasteiger partial charge in [-0.2, -0.15) is 5.26 Å². The number of hydrogen-bond donors (Lipinski definition) is 1. The summed E-state index contributed by atoms with van der Waals surface area (Å²) in [5.41, 5.74) is 6.84. The molecule has 1 aliphatic rings. The van der Waals surface area contributed by atoms with Crippen molar-refractivity contribution in [2.45, 2.75) is 24.8 Å². The monoisotopic (exact) mass is 202 g/mol. The van der Waals surface area contributed by atoms with Crippen LogP contribution in [0.1, 0.15) is 18.4 Å². The van der Waals surface area contributed by atoms with E-state index in [2.05, 4.69) is 6.07 Å². The van der Waals surface area contributed by atoms with E-state index < -0.39 is 0 Å². The van der Waals surface area contributed by atoms with Gasteiger partial charge in [0.05, 0.1) is 18.0 Å². The van der Waals surface area contributed by atoms with Crippen LogP contribution in [0.15, 0.2) is 24.3 Å². The van der Waals surface area contributed by atoms with E-state index in [1.54, 1.807) is 0 Å². The molecule has 15 heavy (non-hydrogen) atoms. The molecule has 2 N–H and O–H groups in total. The molecule has 3 heteroatoms. The predicted octanol–water partition coefficient (Wildman–Crippen LogP) is 1.62. The Kier molecular flexibility index (Phi) is 2.61. The molecule has 0 spiro atoms. The standard InChI is InChI=1S/C12H14N2O/c13-8-5-10-1-3-11(4-2-10)15-9-12(14)6-7-12/h1-4H,5-7,9,14H2. The third-order valence-corrected chi connectivity index (χ3v) is 2.63. The number of nitriles is 1. The molecule has 0 radical (unpaired) electrons. The molecule has 0 atom stereocenters. The second-order valence-electron chi connectivity index (χ2n) is 4.13. The van der Waals surface area contributed by atoms with Gasteiger partial charge in [-0.15, -0.1) is 0 Å². The van der Waals surface area contributed by atoms with Gasteiger partial charge in [0.15, 0.2) is 0 Å². The largest absolute Gasteiger partial charge is 0.492 e. The molecule has 1 fully saturated rings. The van der Waals surface area contributed by atoms with Gasteiger partial charge in [0, 0.05) is 0 Å². The van der Waals surface area contributed by atoms with Gasteiger partial charge in [-0.25, -0.2) is 0 Å². The fraction of sp³-hybridized carbons (Fsp3) is 0.417. The normalized spacial score (nSPS) is 16.8. The molecule has 1 saturated carbocycles. The molecule has 0 aliphatic heterocycles. The maximum absolute atomic E-state index is 8.51. The first-order chi connectivity index (χ1) is 7.22. The second kappa shape index (κ2) is 3.92. The molecule has 3 nitrogen and oxygen atoms in total. The molecule has 0 unspecified atom stereocenters. The molecule has 1 aromatic carbocycles. The Morgan fingerprint density at radius 3 is 2.53 bits per heavy atom. The van der Waals surface area contributed by atoms with Crippen molar-refractivity contribution in [1.29, 1.82) is 5.26 Å². The topological polar surface area (TPSA) is 59.0 Å². The summed E-state index contributed by atoms with van der Waals surface area (Å²) >= 11 is 0. The SMILES string of the molecule is N#CCc1ccc(OCC2(N)CC2)cc1. The summed E-state index contributed by atoms with van der Waals surface area (Å²) in [7, 11) is 0. The maximum atomic E-state index is 8.51. The molecule has 2 rings (SSSR count). The average molecular weight is 202 g/mol. The van der Waals surface area contributed by atoms with Crippen molar-refractivity contribution >= 4 is 0 Å². The van der Waals surface area contributed by atoms with Crippen LogP contribution in [0.2, 0.25) is 0 Å². The van der Waals surface area contributed by atoms with Crippen molar-refractivity contribution in [2.24, 2.45) is 5.73 Å². The Hall–Kier alpha value is -1.53. The van der Waals surface area contributed by atoms with Crippen LogP contribution in [0.25, 0.3) is 0 Å². The van der Waals surface area contributed by atoms with E-state index in [0.717, 1.165) is 24.2 Å². The third kappa shape index (κ3) is 2.71. The molecule has 0 amide bonds. The zero-order chi connectivity index (χ0) is 10.7. The van der Waals surface area contributed by atoms with Crippen LogP contribution in [0.4, 0.5) is 0 Å². The number of hydrogen-bond acceptors (Lipinski definition) is 3. The van der Waals surface area contributed by atoms with Crippen LogP contribution in [0.5, 0.6) is 5.75 Å². The van der Waals surface area contributed by atoms with E-state index in [0.29, 0.717) is 13.0 Å². The highest BCUT2D eigenvalue weighted by atomic mass is 16.5. The quantitative estimate of drug-likeness (QED) is 0.807. The summed E-state index contributed by atoms with van der Waals surface area (Å²) in [5.74, 6) is 0.827. The lowest BCUT2D eigenvalue weighted by atomic mass is 10.2. The van der Waals surface area contributed by atoms with Gasteiger partial charge in [0.1, 0.15) is 12.4 Å². The predicted molar refractivity (Wildman–Crippen MR) is 57.4 cm³/mol. The van der Waals surface area contributed by atoms with Crippen molar-refractivity contribution < 1.29 is 4.74 Å². The first-order valence-electron chi connectivity index (χ1n) is 5.09. The minimum absolute atomic E-state index is 0.0781. The van der Waals surface area contributed by atoms with Gasteiger partial charge < -0.3 is 10.5 Å². The number of ether oxygens (including phenoxy) is 1. The van der Waals surface area contributed by atoms with Crippen LogP contribution in [0, 0.1) is 11.3 Å². The van der Waals surface area contributed by atoms with Gasteiger partial charge >= 0.3 is 0 Å². The fourth-order valence-corrected chi connectivity index (χ4v) is 1.33.